The lowest BCUT2D eigenvalue weighted by Crippen LogP contribution is -2.37. The maximum atomic E-state index is 6.05. The van der Waals surface area contributed by atoms with Gasteiger partial charge < -0.3 is 20.5 Å². The van der Waals surface area contributed by atoms with Crippen LogP contribution in [0.2, 0.25) is 0 Å². The first kappa shape index (κ1) is 22.8. The molecule has 0 saturated carbocycles. The molecule has 0 aliphatic rings. The summed E-state index contributed by atoms with van der Waals surface area (Å²) in [6.07, 6.45) is 12.3. The van der Waals surface area contributed by atoms with Crippen molar-refractivity contribution in [1.29, 1.82) is 0 Å². The van der Waals surface area contributed by atoms with Gasteiger partial charge in [-0.1, -0.05) is 45.4 Å². The minimum atomic E-state index is -0.378. The normalized spacial score (nSPS) is 12.0. The van der Waals surface area contributed by atoms with Gasteiger partial charge in [0.15, 0.2) is 5.79 Å². The maximum absolute atomic E-state index is 6.05. The Morgan fingerprint density at radius 2 is 1.30 bits per heavy atom. The molecular formula is C19H42N2O2. The molecule has 0 spiro atoms. The predicted molar refractivity (Wildman–Crippen MR) is 99.8 cm³/mol. The zero-order valence-electron chi connectivity index (χ0n) is 16.0. The Labute approximate surface area is 144 Å². The number of ether oxygens (including phenoxy) is 2. The highest BCUT2D eigenvalue weighted by Gasteiger charge is 2.30. The van der Waals surface area contributed by atoms with E-state index in [4.69, 9.17) is 15.2 Å². The van der Waals surface area contributed by atoms with Crippen LogP contribution in [0.4, 0.5) is 0 Å². The summed E-state index contributed by atoms with van der Waals surface area (Å²) in [6, 6.07) is 0. The zero-order chi connectivity index (χ0) is 17.2. The first-order chi connectivity index (χ1) is 11.2. The van der Waals surface area contributed by atoms with Crippen molar-refractivity contribution in [2.24, 2.45) is 5.73 Å². The SMILES string of the molecule is CCCCCCCCCC(CCCNCCN)(OCC)OCC. The smallest absolute Gasteiger partial charge is 0.168 e. The maximum Gasteiger partial charge on any atom is 0.168 e. The summed E-state index contributed by atoms with van der Waals surface area (Å²) in [7, 11) is 0. The Morgan fingerprint density at radius 1 is 0.739 bits per heavy atom. The first-order valence-corrected chi connectivity index (χ1v) is 9.93. The summed E-state index contributed by atoms with van der Waals surface area (Å²) < 4.78 is 12.1. The van der Waals surface area contributed by atoms with E-state index in [9.17, 15) is 0 Å². The fraction of sp³-hybridized carbons (Fsp3) is 1.00. The van der Waals surface area contributed by atoms with Gasteiger partial charge in [0.25, 0.3) is 0 Å². The van der Waals surface area contributed by atoms with E-state index in [1.165, 1.54) is 44.9 Å². The van der Waals surface area contributed by atoms with Gasteiger partial charge in [0.05, 0.1) is 0 Å². The van der Waals surface area contributed by atoms with E-state index in [2.05, 4.69) is 26.1 Å². The topological polar surface area (TPSA) is 56.5 Å². The van der Waals surface area contributed by atoms with Gasteiger partial charge >= 0.3 is 0 Å². The lowest BCUT2D eigenvalue weighted by atomic mass is 10.0. The molecule has 0 rings (SSSR count). The van der Waals surface area contributed by atoms with E-state index in [1.807, 2.05) is 0 Å². The second kappa shape index (κ2) is 16.7. The quantitative estimate of drug-likeness (QED) is 0.292. The summed E-state index contributed by atoms with van der Waals surface area (Å²) in [5.41, 5.74) is 5.50. The van der Waals surface area contributed by atoms with Gasteiger partial charge in [0.1, 0.15) is 0 Å². The predicted octanol–water partition coefficient (Wildman–Crippen LogP) is 4.22. The third-order valence-corrected chi connectivity index (χ3v) is 4.21. The average Bonchev–Trinajstić information content (AvgIpc) is 2.54. The Balaban J connectivity index is 4.09. The minimum Gasteiger partial charge on any atom is -0.350 e. The molecule has 0 amide bonds. The molecule has 0 heterocycles. The summed E-state index contributed by atoms with van der Waals surface area (Å²) >= 11 is 0. The molecule has 0 atom stereocenters. The fourth-order valence-electron chi connectivity index (χ4n) is 3.04. The lowest BCUT2D eigenvalue weighted by molar-refractivity contribution is -0.241. The van der Waals surface area contributed by atoms with Crippen molar-refractivity contribution in [3.63, 3.8) is 0 Å². The van der Waals surface area contributed by atoms with Crippen molar-refractivity contribution in [2.75, 3.05) is 32.8 Å². The van der Waals surface area contributed by atoms with E-state index >= 15 is 0 Å². The second-order valence-corrected chi connectivity index (χ2v) is 6.29. The number of hydrogen-bond donors (Lipinski definition) is 2. The first-order valence-electron chi connectivity index (χ1n) is 9.93. The molecule has 0 radical (unpaired) electrons. The van der Waals surface area contributed by atoms with Gasteiger partial charge in [0, 0.05) is 39.1 Å². The van der Waals surface area contributed by atoms with Gasteiger partial charge in [-0.25, -0.2) is 0 Å². The van der Waals surface area contributed by atoms with Crippen LogP contribution in [0.5, 0.6) is 0 Å². The Bertz CT molecular complexity index is 231. The number of nitrogens with one attached hydrogen (secondary N) is 1. The number of rotatable bonds is 18. The lowest BCUT2D eigenvalue weighted by Gasteiger charge is -2.33. The van der Waals surface area contributed by atoms with Gasteiger partial charge in [-0.15, -0.1) is 0 Å². The molecule has 4 nitrogen and oxygen atoms in total. The van der Waals surface area contributed by atoms with Crippen molar-refractivity contribution in [3.8, 4) is 0 Å². The Kier molecular flexibility index (Phi) is 16.6. The van der Waals surface area contributed by atoms with Crippen LogP contribution in [0.3, 0.4) is 0 Å². The van der Waals surface area contributed by atoms with Gasteiger partial charge in [-0.05, 0) is 33.2 Å². The van der Waals surface area contributed by atoms with Crippen molar-refractivity contribution >= 4 is 0 Å². The molecular weight excluding hydrogens is 288 g/mol. The highest BCUT2D eigenvalue weighted by atomic mass is 16.7. The highest BCUT2D eigenvalue weighted by Crippen LogP contribution is 2.27. The summed E-state index contributed by atoms with van der Waals surface area (Å²) in [6.45, 7) is 10.4. The Morgan fingerprint density at radius 3 is 1.87 bits per heavy atom. The van der Waals surface area contributed by atoms with E-state index in [1.54, 1.807) is 0 Å². The molecule has 0 fully saturated rings. The molecule has 0 saturated heterocycles. The van der Waals surface area contributed by atoms with Crippen molar-refractivity contribution < 1.29 is 9.47 Å². The third kappa shape index (κ3) is 12.9. The van der Waals surface area contributed by atoms with Crippen LogP contribution in [0.1, 0.15) is 85.0 Å². The van der Waals surface area contributed by atoms with Crippen LogP contribution >= 0.6 is 0 Å². The molecule has 0 bridgehead atoms. The van der Waals surface area contributed by atoms with Crippen LogP contribution in [-0.4, -0.2) is 38.6 Å². The summed E-state index contributed by atoms with van der Waals surface area (Å²) in [4.78, 5) is 0. The molecule has 0 aliphatic carbocycles. The molecule has 0 aromatic heterocycles. The van der Waals surface area contributed by atoms with E-state index < -0.39 is 0 Å². The van der Waals surface area contributed by atoms with E-state index in [-0.39, 0.29) is 5.79 Å². The van der Waals surface area contributed by atoms with E-state index in [0.717, 1.165) is 32.4 Å². The van der Waals surface area contributed by atoms with Crippen LogP contribution < -0.4 is 11.1 Å². The fourth-order valence-corrected chi connectivity index (χ4v) is 3.04. The van der Waals surface area contributed by atoms with E-state index in [0.29, 0.717) is 19.8 Å². The molecule has 140 valence electrons. The van der Waals surface area contributed by atoms with Crippen LogP contribution in [0.25, 0.3) is 0 Å². The summed E-state index contributed by atoms with van der Waals surface area (Å²) in [5, 5.41) is 3.35. The largest absolute Gasteiger partial charge is 0.350 e. The van der Waals surface area contributed by atoms with Gasteiger partial charge in [-0.3, -0.25) is 0 Å². The molecule has 0 aromatic carbocycles. The second-order valence-electron chi connectivity index (χ2n) is 6.29. The molecule has 4 heteroatoms. The Hall–Kier alpha value is -0.160. The minimum absolute atomic E-state index is 0.378. The summed E-state index contributed by atoms with van der Waals surface area (Å²) in [5.74, 6) is -0.378. The average molecular weight is 331 g/mol. The van der Waals surface area contributed by atoms with Crippen LogP contribution in [0, 0.1) is 0 Å². The van der Waals surface area contributed by atoms with Crippen molar-refractivity contribution in [3.05, 3.63) is 0 Å². The number of unbranched alkanes of at least 4 members (excludes halogenated alkanes) is 6. The van der Waals surface area contributed by atoms with Crippen LogP contribution in [0.15, 0.2) is 0 Å². The standard InChI is InChI=1S/C19H42N2O2/c1-4-7-8-9-10-11-12-14-19(22-5-2,23-6-3)15-13-17-21-18-16-20/h21H,4-18,20H2,1-3H3. The monoisotopic (exact) mass is 330 g/mol. The molecule has 3 N–H and O–H groups in total. The van der Waals surface area contributed by atoms with Gasteiger partial charge in [-0.2, -0.15) is 0 Å². The number of nitrogens with two attached hydrogens (primary N) is 1. The molecule has 0 aromatic rings. The molecule has 0 unspecified atom stereocenters. The molecule has 0 aliphatic heterocycles. The molecule has 23 heavy (non-hydrogen) atoms. The van der Waals surface area contributed by atoms with Crippen LogP contribution in [-0.2, 0) is 9.47 Å². The number of hydrogen-bond acceptors (Lipinski definition) is 4. The van der Waals surface area contributed by atoms with Gasteiger partial charge in [0.2, 0.25) is 0 Å². The zero-order valence-corrected chi connectivity index (χ0v) is 16.0. The van der Waals surface area contributed by atoms with Crippen molar-refractivity contribution in [1.82, 2.24) is 5.32 Å². The third-order valence-electron chi connectivity index (χ3n) is 4.21. The highest BCUT2D eigenvalue weighted by molar-refractivity contribution is 4.71. The van der Waals surface area contributed by atoms with Crippen molar-refractivity contribution in [2.45, 2.75) is 90.8 Å².